The molecule has 3 aliphatic rings. The zero-order valence-electron chi connectivity index (χ0n) is 26.3. The van der Waals surface area contributed by atoms with Gasteiger partial charge < -0.3 is 14.8 Å². The Bertz CT molecular complexity index is 1310. The third-order valence-corrected chi connectivity index (χ3v) is 11.2. The molecule has 0 saturated heterocycles. The second-order valence-corrected chi connectivity index (χ2v) is 14.5. The van der Waals surface area contributed by atoms with Crippen LogP contribution in [0.3, 0.4) is 0 Å². The smallest absolute Gasteiger partial charge is 0.311 e. The van der Waals surface area contributed by atoms with Gasteiger partial charge in [-0.05, 0) is 105 Å². The Balaban J connectivity index is 1.33. The number of nitrogens with one attached hydrogen (secondary N) is 1. The molecule has 5 rings (SSSR count). The lowest BCUT2D eigenvalue weighted by Crippen LogP contribution is -2.46. The van der Waals surface area contributed by atoms with Gasteiger partial charge in [0.05, 0.1) is 0 Å². The van der Waals surface area contributed by atoms with Crippen LogP contribution in [0.5, 0.6) is 5.75 Å². The summed E-state index contributed by atoms with van der Waals surface area (Å²) >= 11 is 1.49. The number of aromatic nitrogens is 1. The van der Waals surface area contributed by atoms with E-state index in [9.17, 15) is 14.4 Å². The Hall–Kier alpha value is -2.74. The summed E-state index contributed by atoms with van der Waals surface area (Å²) in [4.78, 5) is 43.4. The molecule has 3 aliphatic carbocycles. The Morgan fingerprint density at radius 2 is 1.84 bits per heavy atom. The average molecular weight is 609 g/mol. The van der Waals surface area contributed by atoms with Crippen LogP contribution >= 0.6 is 11.3 Å². The van der Waals surface area contributed by atoms with Crippen molar-refractivity contribution in [2.45, 2.75) is 123 Å². The second kappa shape index (κ2) is 13.9. The SMILES string of the molecule is CCCCC(=O)Oc1ccc2c(c1)CCC1C2CCC2(C)C(OC(=O)CCCC)CC(CCC(=O)Nc3ncc(C)s3)C12. The molecule has 1 amide bonds. The summed E-state index contributed by atoms with van der Waals surface area (Å²) in [6.45, 7) is 8.50. The van der Waals surface area contributed by atoms with E-state index >= 15 is 0 Å². The highest BCUT2D eigenvalue weighted by atomic mass is 32.1. The molecule has 2 fully saturated rings. The summed E-state index contributed by atoms with van der Waals surface area (Å²) in [5.74, 6) is 2.00. The van der Waals surface area contributed by atoms with Gasteiger partial charge in [-0.3, -0.25) is 14.4 Å². The molecule has 1 aromatic heterocycles. The number of carbonyl (C=O) groups excluding carboxylic acids is 3. The van der Waals surface area contributed by atoms with E-state index in [1.165, 1.54) is 22.5 Å². The first-order valence-corrected chi connectivity index (χ1v) is 17.3. The number of unbranched alkanes of at least 4 members (excludes halogenated alkanes) is 2. The molecule has 1 heterocycles. The molecule has 2 saturated carbocycles. The highest BCUT2D eigenvalue weighted by Gasteiger charge is 2.60. The van der Waals surface area contributed by atoms with Gasteiger partial charge in [0.1, 0.15) is 11.9 Å². The molecule has 43 heavy (non-hydrogen) atoms. The Morgan fingerprint density at radius 1 is 1.07 bits per heavy atom. The van der Waals surface area contributed by atoms with E-state index in [4.69, 9.17) is 9.47 Å². The number of amides is 1. The van der Waals surface area contributed by atoms with Gasteiger partial charge in [0, 0.05) is 35.8 Å². The molecule has 2 aromatic rings. The molecule has 0 spiro atoms. The van der Waals surface area contributed by atoms with Gasteiger partial charge in [-0.25, -0.2) is 4.98 Å². The first kappa shape index (κ1) is 31.7. The summed E-state index contributed by atoms with van der Waals surface area (Å²) in [7, 11) is 0. The van der Waals surface area contributed by atoms with E-state index in [1.807, 2.05) is 13.0 Å². The number of esters is 2. The van der Waals surface area contributed by atoms with E-state index < -0.39 is 0 Å². The van der Waals surface area contributed by atoms with E-state index in [2.05, 4.69) is 43.2 Å². The number of carbonyl (C=O) groups is 3. The minimum atomic E-state index is -0.161. The van der Waals surface area contributed by atoms with E-state index in [1.54, 1.807) is 6.20 Å². The fourth-order valence-electron chi connectivity index (χ4n) is 8.29. The zero-order valence-corrected chi connectivity index (χ0v) is 27.1. The summed E-state index contributed by atoms with van der Waals surface area (Å²) in [6, 6.07) is 6.24. The first-order chi connectivity index (χ1) is 20.7. The summed E-state index contributed by atoms with van der Waals surface area (Å²) in [6.07, 6.45) is 12.3. The minimum Gasteiger partial charge on any atom is -0.462 e. The molecule has 6 unspecified atom stereocenters. The number of hydrogen-bond donors (Lipinski definition) is 1. The normalized spacial score (nSPS) is 27.5. The van der Waals surface area contributed by atoms with Crippen LogP contribution in [0.4, 0.5) is 5.13 Å². The highest BCUT2D eigenvalue weighted by Crippen LogP contribution is 2.64. The van der Waals surface area contributed by atoms with Crippen LogP contribution in [0.15, 0.2) is 24.4 Å². The van der Waals surface area contributed by atoms with Crippen molar-refractivity contribution in [1.82, 2.24) is 4.98 Å². The van der Waals surface area contributed by atoms with Crippen molar-refractivity contribution in [1.29, 1.82) is 0 Å². The Morgan fingerprint density at radius 3 is 2.56 bits per heavy atom. The van der Waals surface area contributed by atoms with Gasteiger partial charge in [-0.1, -0.05) is 39.7 Å². The quantitative estimate of drug-likeness (QED) is 0.193. The molecular formula is C35H48N2O5S. The van der Waals surface area contributed by atoms with E-state index in [-0.39, 0.29) is 29.4 Å². The molecule has 8 heteroatoms. The van der Waals surface area contributed by atoms with Crippen LogP contribution in [0.2, 0.25) is 0 Å². The number of nitrogens with zero attached hydrogens (tertiary/aromatic N) is 1. The van der Waals surface area contributed by atoms with Gasteiger partial charge in [0.15, 0.2) is 5.13 Å². The first-order valence-electron chi connectivity index (χ1n) is 16.5. The van der Waals surface area contributed by atoms with E-state index in [0.717, 1.165) is 69.1 Å². The number of fused-ring (bicyclic) bond motifs is 5. The van der Waals surface area contributed by atoms with Crippen molar-refractivity contribution in [3.63, 3.8) is 0 Å². The highest BCUT2D eigenvalue weighted by molar-refractivity contribution is 7.15. The number of hydrogen-bond acceptors (Lipinski definition) is 7. The lowest BCUT2D eigenvalue weighted by molar-refractivity contribution is -0.157. The molecule has 0 aliphatic heterocycles. The maximum atomic E-state index is 12.9. The topological polar surface area (TPSA) is 94.6 Å². The summed E-state index contributed by atoms with van der Waals surface area (Å²) < 4.78 is 11.9. The van der Waals surface area contributed by atoms with Crippen LogP contribution in [-0.4, -0.2) is 28.9 Å². The Labute approximate surface area is 260 Å². The van der Waals surface area contributed by atoms with Gasteiger partial charge >= 0.3 is 11.9 Å². The van der Waals surface area contributed by atoms with Crippen LogP contribution in [0.1, 0.15) is 120 Å². The number of rotatable bonds is 12. The second-order valence-electron chi connectivity index (χ2n) is 13.3. The van der Waals surface area contributed by atoms with Crippen molar-refractivity contribution >= 4 is 34.3 Å². The summed E-state index contributed by atoms with van der Waals surface area (Å²) in [5, 5.41) is 3.63. The van der Waals surface area contributed by atoms with Crippen molar-refractivity contribution in [2.24, 2.45) is 23.2 Å². The van der Waals surface area contributed by atoms with Crippen LogP contribution < -0.4 is 10.1 Å². The van der Waals surface area contributed by atoms with Crippen molar-refractivity contribution in [3.8, 4) is 5.75 Å². The predicted molar refractivity (Wildman–Crippen MR) is 169 cm³/mol. The lowest BCUT2D eigenvalue weighted by atomic mass is 9.53. The summed E-state index contributed by atoms with van der Waals surface area (Å²) in [5.41, 5.74) is 2.58. The van der Waals surface area contributed by atoms with Crippen LogP contribution in [0.25, 0.3) is 0 Å². The molecule has 6 atom stereocenters. The molecule has 0 bridgehead atoms. The molecular weight excluding hydrogens is 560 g/mol. The predicted octanol–water partition coefficient (Wildman–Crippen LogP) is 8.15. The fourth-order valence-corrected chi connectivity index (χ4v) is 8.97. The fraction of sp³-hybridized carbons (Fsp3) is 0.657. The minimum absolute atomic E-state index is 0.00167. The van der Waals surface area contributed by atoms with Crippen LogP contribution in [0, 0.1) is 30.1 Å². The molecule has 234 valence electrons. The van der Waals surface area contributed by atoms with Gasteiger partial charge in [-0.15, -0.1) is 11.3 Å². The average Bonchev–Trinajstić information content (AvgIpc) is 3.52. The maximum Gasteiger partial charge on any atom is 0.311 e. The molecule has 7 nitrogen and oxygen atoms in total. The number of anilines is 1. The van der Waals surface area contributed by atoms with Gasteiger partial charge in [0.25, 0.3) is 0 Å². The molecule has 1 aromatic carbocycles. The largest absolute Gasteiger partial charge is 0.462 e. The zero-order chi connectivity index (χ0) is 30.6. The number of aryl methyl sites for hydroxylation is 2. The number of benzene rings is 1. The Kier molecular flexibility index (Phi) is 10.3. The lowest BCUT2D eigenvalue weighted by Gasteiger charge is -2.51. The molecule has 0 radical (unpaired) electrons. The third-order valence-electron chi connectivity index (χ3n) is 10.3. The van der Waals surface area contributed by atoms with Gasteiger partial charge in [0.2, 0.25) is 5.91 Å². The molecule has 1 N–H and O–H groups in total. The van der Waals surface area contributed by atoms with Crippen LogP contribution in [-0.2, 0) is 25.5 Å². The van der Waals surface area contributed by atoms with Crippen molar-refractivity contribution in [3.05, 3.63) is 40.4 Å². The van der Waals surface area contributed by atoms with Crippen molar-refractivity contribution < 1.29 is 23.9 Å². The van der Waals surface area contributed by atoms with Crippen molar-refractivity contribution in [2.75, 3.05) is 5.32 Å². The monoisotopic (exact) mass is 608 g/mol. The van der Waals surface area contributed by atoms with Gasteiger partial charge in [-0.2, -0.15) is 0 Å². The van der Waals surface area contributed by atoms with E-state index in [0.29, 0.717) is 53.8 Å². The number of thiazole rings is 1. The number of ether oxygens (including phenoxy) is 2. The third kappa shape index (κ3) is 7.16. The standard InChI is InChI=1S/C35H48N2O5S/c1-5-7-9-31(39)41-25-13-15-26-23(19-25)11-14-28-27(26)17-18-35(4)29(42-32(40)10-8-6-2)20-24(33(28)35)12-16-30(38)37-34-36-21-22(3)43-34/h13,15,19,21,24,27-29,33H,5-12,14,16-18,20H2,1-4H3,(H,36,37,38). The maximum absolute atomic E-state index is 12.9.